The van der Waals surface area contributed by atoms with Crippen LogP contribution in [0.5, 0.6) is 0 Å². The van der Waals surface area contributed by atoms with E-state index in [1.165, 1.54) is 6.42 Å². The summed E-state index contributed by atoms with van der Waals surface area (Å²) in [6.07, 6.45) is 15.6. The third-order valence-corrected chi connectivity index (χ3v) is 9.25. The molecule has 1 spiro atoms. The molecule has 7 atom stereocenters. The molecule has 0 amide bonds. The number of allylic oxidation sites excluding steroid dienone is 3. The van der Waals surface area contributed by atoms with Crippen LogP contribution in [0.1, 0.15) is 51.5 Å². The molecule has 1 saturated heterocycles. The first-order valence-corrected chi connectivity index (χ1v) is 14.2. The van der Waals surface area contributed by atoms with Crippen molar-refractivity contribution in [2.24, 2.45) is 29.1 Å². The molecule has 2 saturated carbocycles. The number of esters is 1. The van der Waals surface area contributed by atoms with E-state index in [1.807, 2.05) is 42.2 Å². The van der Waals surface area contributed by atoms with Crippen molar-refractivity contribution < 1.29 is 19.0 Å². The van der Waals surface area contributed by atoms with Crippen molar-refractivity contribution >= 4 is 23.4 Å². The molecule has 5 rings (SSSR count). The van der Waals surface area contributed by atoms with Gasteiger partial charge in [0, 0.05) is 12.5 Å². The van der Waals surface area contributed by atoms with Gasteiger partial charge in [-0.25, -0.2) is 4.79 Å². The van der Waals surface area contributed by atoms with Gasteiger partial charge in [0.15, 0.2) is 11.6 Å². The van der Waals surface area contributed by atoms with Crippen LogP contribution < -0.4 is 0 Å². The lowest BCUT2D eigenvalue weighted by Crippen LogP contribution is -2.59. The lowest BCUT2D eigenvalue weighted by Gasteiger charge is -2.53. The SMILES string of the molecule is C=CC(C/C=C/OCCCC)CN1C(=S)OC(c2ccccc2)(C2CC34CC3C=CC24)C1C(=O)OCC. The fraction of sp³-hybridized carbons (Fsp3) is 0.548. The minimum atomic E-state index is -0.882. The number of unbranched alkanes of at least 4 members (excludes halogenated alkanes) is 1. The third kappa shape index (κ3) is 4.41. The predicted octanol–water partition coefficient (Wildman–Crippen LogP) is 6.17. The van der Waals surface area contributed by atoms with E-state index < -0.39 is 11.6 Å². The van der Waals surface area contributed by atoms with Crippen molar-refractivity contribution in [2.75, 3.05) is 19.8 Å². The van der Waals surface area contributed by atoms with Crippen molar-refractivity contribution in [1.82, 2.24) is 4.90 Å². The van der Waals surface area contributed by atoms with Crippen molar-refractivity contribution in [1.29, 1.82) is 0 Å². The zero-order valence-corrected chi connectivity index (χ0v) is 22.8. The van der Waals surface area contributed by atoms with Gasteiger partial charge in [0.25, 0.3) is 5.17 Å². The van der Waals surface area contributed by atoms with Crippen LogP contribution in [-0.2, 0) is 24.6 Å². The van der Waals surface area contributed by atoms with Crippen LogP contribution in [0.25, 0.3) is 0 Å². The van der Waals surface area contributed by atoms with E-state index in [9.17, 15) is 4.79 Å². The third-order valence-electron chi connectivity index (χ3n) is 8.93. The molecule has 0 aromatic heterocycles. The Bertz CT molecular complexity index is 1070. The maximum absolute atomic E-state index is 13.8. The van der Waals surface area contributed by atoms with Gasteiger partial charge in [-0.05, 0) is 79.6 Å². The standard InChI is InChI=1S/C31H39NO4S/c1-4-7-17-34-18-11-12-22(5-2)21-32-27(28(33)35-6-3)31(36-29(32)37,23-13-9-8-10-14-23)26-20-30-19-24(30)15-16-25(26)30/h5,8-11,13-16,18,22,24-27H,2,4,6-7,12,17,19-21H2,1,3H3/b18-11+. The fourth-order valence-electron chi connectivity index (χ4n) is 6.94. The van der Waals surface area contributed by atoms with Crippen LogP contribution in [-0.4, -0.2) is 41.8 Å². The number of nitrogens with zero attached hydrogens (tertiary/aromatic N) is 1. The summed E-state index contributed by atoms with van der Waals surface area (Å²) in [5, 5.41) is 0.368. The van der Waals surface area contributed by atoms with Gasteiger partial charge >= 0.3 is 5.97 Å². The zero-order chi connectivity index (χ0) is 26.0. The van der Waals surface area contributed by atoms with Crippen LogP contribution >= 0.6 is 12.2 Å². The highest BCUT2D eigenvalue weighted by Gasteiger charge is 2.76. The highest BCUT2D eigenvalue weighted by Crippen LogP contribution is 2.78. The summed E-state index contributed by atoms with van der Waals surface area (Å²) in [6.45, 7) is 9.62. The summed E-state index contributed by atoms with van der Waals surface area (Å²) < 4.78 is 18.1. The largest absolute Gasteiger partial charge is 0.502 e. The van der Waals surface area contributed by atoms with Gasteiger partial charge in [-0.3, -0.25) is 0 Å². The Morgan fingerprint density at radius 2 is 2.08 bits per heavy atom. The molecule has 1 heterocycles. The quantitative estimate of drug-likeness (QED) is 0.102. The van der Waals surface area contributed by atoms with E-state index in [0.29, 0.717) is 35.6 Å². The van der Waals surface area contributed by atoms with E-state index in [2.05, 4.69) is 37.8 Å². The number of hydrogen-bond acceptors (Lipinski definition) is 5. The summed E-state index contributed by atoms with van der Waals surface area (Å²) in [7, 11) is 0. The highest BCUT2D eigenvalue weighted by atomic mass is 32.1. The van der Waals surface area contributed by atoms with Gasteiger partial charge in [-0.1, -0.05) is 61.9 Å². The van der Waals surface area contributed by atoms with Crippen molar-refractivity contribution in [3.63, 3.8) is 0 Å². The second kappa shape index (κ2) is 10.6. The summed E-state index contributed by atoms with van der Waals surface area (Å²) in [5.74, 6) is 1.04. The lowest BCUT2D eigenvalue weighted by molar-refractivity contribution is -0.163. The molecule has 3 aliphatic carbocycles. The maximum Gasteiger partial charge on any atom is 0.333 e. The summed E-state index contributed by atoms with van der Waals surface area (Å²) in [5.41, 5.74) is 0.485. The number of rotatable bonds is 13. The first-order valence-electron chi connectivity index (χ1n) is 13.8. The Balaban J connectivity index is 1.44. The molecule has 7 unspecified atom stereocenters. The van der Waals surface area contributed by atoms with Crippen LogP contribution in [0, 0.1) is 29.1 Å². The van der Waals surface area contributed by atoms with Crippen molar-refractivity contribution in [3.8, 4) is 0 Å². The van der Waals surface area contributed by atoms with Gasteiger partial charge < -0.3 is 19.1 Å². The number of carbonyl (C=O) groups excluding carboxylic acids is 1. The molecule has 0 bridgehead atoms. The van der Waals surface area contributed by atoms with Gasteiger partial charge in [0.1, 0.15) is 0 Å². The van der Waals surface area contributed by atoms with Crippen molar-refractivity contribution in [2.45, 2.75) is 57.6 Å². The Hall–Kier alpha value is -2.60. The second-order valence-corrected chi connectivity index (χ2v) is 11.3. The molecule has 4 aliphatic rings. The minimum Gasteiger partial charge on any atom is -0.502 e. The summed E-state index contributed by atoms with van der Waals surface area (Å²) >= 11 is 5.87. The smallest absolute Gasteiger partial charge is 0.333 e. The molecule has 1 aliphatic heterocycles. The van der Waals surface area contributed by atoms with E-state index in [0.717, 1.165) is 37.9 Å². The average molecular weight is 522 g/mol. The normalized spacial score (nSPS) is 33.9. The van der Waals surface area contributed by atoms with E-state index >= 15 is 0 Å². The molecular formula is C31H39NO4S. The van der Waals surface area contributed by atoms with Crippen LogP contribution in [0.15, 0.2) is 67.5 Å². The summed E-state index contributed by atoms with van der Waals surface area (Å²) in [4.78, 5) is 15.7. The first kappa shape index (κ1) is 26.0. The molecule has 0 N–H and O–H groups in total. The molecule has 1 aromatic carbocycles. The van der Waals surface area contributed by atoms with Crippen LogP contribution in [0.3, 0.4) is 0 Å². The maximum atomic E-state index is 13.8. The molecule has 5 nitrogen and oxygen atoms in total. The van der Waals surface area contributed by atoms with E-state index in [-0.39, 0.29) is 17.8 Å². The summed E-state index contributed by atoms with van der Waals surface area (Å²) in [6, 6.07) is 9.54. The Kier molecular flexibility index (Phi) is 7.49. The zero-order valence-electron chi connectivity index (χ0n) is 22.0. The molecular weight excluding hydrogens is 482 g/mol. The number of thiocarbonyl (C=S) groups is 1. The number of carbonyl (C=O) groups is 1. The Morgan fingerprint density at radius 1 is 1.27 bits per heavy atom. The van der Waals surface area contributed by atoms with Crippen LogP contribution in [0.4, 0.5) is 0 Å². The van der Waals surface area contributed by atoms with Gasteiger partial charge in [-0.2, -0.15) is 0 Å². The second-order valence-electron chi connectivity index (χ2n) is 10.9. The molecule has 0 radical (unpaired) electrons. The van der Waals surface area contributed by atoms with Gasteiger partial charge in [0.2, 0.25) is 0 Å². The number of ether oxygens (including phenoxy) is 3. The molecule has 37 heavy (non-hydrogen) atoms. The molecule has 198 valence electrons. The fourth-order valence-corrected chi connectivity index (χ4v) is 7.26. The first-order chi connectivity index (χ1) is 18.0. The molecule has 6 heteroatoms. The predicted molar refractivity (Wildman–Crippen MR) is 149 cm³/mol. The minimum absolute atomic E-state index is 0.0722. The van der Waals surface area contributed by atoms with E-state index in [4.69, 9.17) is 26.4 Å². The van der Waals surface area contributed by atoms with Crippen molar-refractivity contribution in [3.05, 3.63) is 73.0 Å². The topological polar surface area (TPSA) is 48.0 Å². The molecule has 1 aromatic rings. The number of hydrogen-bond donors (Lipinski definition) is 0. The Labute approximate surface area is 226 Å². The van der Waals surface area contributed by atoms with E-state index in [1.54, 1.807) is 6.26 Å². The van der Waals surface area contributed by atoms with Crippen LogP contribution in [0.2, 0.25) is 0 Å². The molecule has 3 fully saturated rings. The van der Waals surface area contributed by atoms with Gasteiger partial charge in [-0.15, -0.1) is 6.58 Å². The monoisotopic (exact) mass is 521 g/mol. The Morgan fingerprint density at radius 3 is 2.76 bits per heavy atom. The van der Waals surface area contributed by atoms with Gasteiger partial charge in [0.05, 0.1) is 19.5 Å². The lowest BCUT2D eigenvalue weighted by atomic mass is 9.53. The average Bonchev–Trinajstić information content (AvgIpc) is 3.48. The number of benzene rings is 1. The highest BCUT2D eigenvalue weighted by molar-refractivity contribution is 7.80.